The van der Waals surface area contributed by atoms with Crippen molar-refractivity contribution in [3.05, 3.63) is 24.0 Å². The molecule has 1 atom stereocenters. The second-order valence-corrected chi connectivity index (χ2v) is 5.82. The molecule has 22 heavy (non-hydrogen) atoms. The van der Waals surface area contributed by atoms with Crippen molar-refractivity contribution in [3.8, 4) is 0 Å². The number of ether oxygens (including phenoxy) is 2. The Hall–Kier alpha value is -1.58. The fourth-order valence-electron chi connectivity index (χ4n) is 2.60. The summed E-state index contributed by atoms with van der Waals surface area (Å²) in [5.74, 6) is -0.373. The van der Waals surface area contributed by atoms with Crippen LogP contribution in [0.3, 0.4) is 0 Å². The summed E-state index contributed by atoms with van der Waals surface area (Å²) in [6.07, 6.45) is 11.7. The minimum Gasteiger partial charge on any atom is -0.451 e. The van der Waals surface area contributed by atoms with Crippen LogP contribution in [0, 0.1) is 0 Å². The normalized spacial score (nSPS) is 17.5. The molecule has 0 radical (unpaired) electrons. The van der Waals surface area contributed by atoms with Gasteiger partial charge >= 0.3 is 11.9 Å². The molecule has 1 aliphatic rings. The highest BCUT2D eigenvalue weighted by molar-refractivity contribution is 5.91. The number of hydrogen-bond donors (Lipinski definition) is 0. The van der Waals surface area contributed by atoms with Crippen LogP contribution >= 0.6 is 0 Å². The molecule has 0 bridgehead atoms. The molecule has 0 aromatic heterocycles. The number of carbonyl (C=O) groups is 2. The summed E-state index contributed by atoms with van der Waals surface area (Å²) in [6.45, 7) is 6.70. The molecular formula is C18H28O4. The largest absolute Gasteiger partial charge is 0.451 e. The zero-order valence-electron chi connectivity index (χ0n) is 13.9. The van der Waals surface area contributed by atoms with Crippen molar-refractivity contribution in [1.29, 1.82) is 0 Å². The summed E-state index contributed by atoms with van der Waals surface area (Å²) in [7, 11) is 0. The van der Waals surface area contributed by atoms with E-state index in [1.54, 1.807) is 6.92 Å². The van der Waals surface area contributed by atoms with Crippen LogP contribution in [0.1, 0.15) is 71.6 Å². The average Bonchev–Trinajstić information content (AvgIpc) is 2.73. The molecule has 0 saturated carbocycles. The second-order valence-electron chi connectivity index (χ2n) is 5.82. The summed E-state index contributed by atoms with van der Waals surface area (Å²) < 4.78 is 10.4. The van der Waals surface area contributed by atoms with Crippen LogP contribution in [-0.4, -0.2) is 18.0 Å². The molecule has 0 aromatic carbocycles. The Morgan fingerprint density at radius 2 is 1.77 bits per heavy atom. The van der Waals surface area contributed by atoms with Gasteiger partial charge in [-0.3, -0.25) is 4.79 Å². The highest BCUT2D eigenvalue weighted by atomic mass is 16.6. The van der Waals surface area contributed by atoms with Gasteiger partial charge in [-0.2, -0.15) is 0 Å². The smallest absolute Gasteiger partial charge is 0.338 e. The Labute approximate surface area is 133 Å². The van der Waals surface area contributed by atoms with Gasteiger partial charge in [-0.15, -0.1) is 6.58 Å². The molecule has 124 valence electrons. The predicted octanol–water partition coefficient (Wildman–Crippen LogP) is 4.45. The van der Waals surface area contributed by atoms with E-state index in [2.05, 4.69) is 6.58 Å². The monoisotopic (exact) mass is 308 g/mol. The summed E-state index contributed by atoms with van der Waals surface area (Å²) in [5, 5.41) is 0. The third-order valence-corrected chi connectivity index (χ3v) is 3.85. The summed E-state index contributed by atoms with van der Waals surface area (Å²) in [6, 6.07) is 0. The van der Waals surface area contributed by atoms with Gasteiger partial charge in [0.25, 0.3) is 0 Å². The molecule has 1 rings (SSSR count). The van der Waals surface area contributed by atoms with Crippen molar-refractivity contribution in [3.63, 3.8) is 0 Å². The molecule has 0 aliphatic carbocycles. The molecule has 0 amide bonds. The van der Waals surface area contributed by atoms with Gasteiger partial charge in [-0.1, -0.05) is 38.2 Å². The number of allylic oxidation sites excluding steroid dienone is 1. The SMILES string of the molecule is C=CCCCCCCCCCC1OC(=O)C(C)=C1OC(C)=O. The lowest BCUT2D eigenvalue weighted by atomic mass is 10.0. The Morgan fingerprint density at radius 3 is 2.36 bits per heavy atom. The first-order chi connectivity index (χ1) is 10.6. The third-order valence-electron chi connectivity index (χ3n) is 3.85. The van der Waals surface area contributed by atoms with Gasteiger partial charge in [0.1, 0.15) is 0 Å². The van der Waals surface area contributed by atoms with E-state index in [0.29, 0.717) is 11.3 Å². The van der Waals surface area contributed by atoms with Crippen molar-refractivity contribution < 1.29 is 19.1 Å². The van der Waals surface area contributed by atoms with E-state index in [9.17, 15) is 9.59 Å². The maximum Gasteiger partial charge on any atom is 0.338 e. The van der Waals surface area contributed by atoms with Crippen LogP contribution in [0.2, 0.25) is 0 Å². The number of rotatable bonds is 11. The average molecular weight is 308 g/mol. The fraction of sp³-hybridized carbons (Fsp3) is 0.667. The van der Waals surface area contributed by atoms with Gasteiger partial charge < -0.3 is 9.47 Å². The summed E-state index contributed by atoms with van der Waals surface area (Å²) in [5.41, 5.74) is 0.419. The zero-order valence-corrected chi connectivity index (χ0v) is 13.9. The first-order valence-electron chi connectivity index (χ1n) is 8.27. The maximum absolute atomic E-state index is 11.6. The quantitative estimate of drug-likeness (QED) is 0.321. The lowest BCUT2D eigenvalue weighted by molar-refractivity contribution is -0.144. The predicted molar refractivity (Wildman–Crippen MR) is 86.1 cm³/mol. The van der Waals surface area contributed by atoms with Crippen LogP contribution in [0.4, 0.5) is 0 Å². The molecule has 0 aromatic rings. The van der Waals surface area contributed by atoms with E-state index in [0.717, 1.165) is 25.7 Å². The van der Waals surface area contributed by atoms with E-state index in [-0.39, 0.29) is 12.1 Å². The first-order valence-corrected chi connectivity index (χ1v) is 8.27. The lowest BCUT2D eigenvalue weighted by Crippen LogP contribution is -2.15. The van der Waals surface area contributed by atoms with E-state index in [1.165, 1.54) is 39.0 Å². The van der Waals surface area contributed by atoms with Crippen LogP contribution in [0.15, 0.2) is 24.0 Å². The van der Waals surface area contributed by atoms with Crippen molar-refractivity contribution in [2.45, 2.75) is 77.7 Å². The van der Waals surface area contributed by atoms with E-state index < -0.39 is 5.97 Å². The Kier molecular flexibility index (Phi) is 8.56. The van der Waals surface area contributed by atoms with Crippen LogP contribution in [0.5, 0.6) is 0 Å². The van der Waals surface area contributed by atoms with Gasteiger partial charge in [0.05, 0.1) is 5.57 Å². The molecule has 4 nitrogen and oxygen atoms in total. The second kappa shape index (κ2) is 10.2. The Balaban J connectivity index is 2.17. The van der Waals surface area contributed by atoms with Gasteiger partial charge in [-0.25, -0.2) is 4.79 Å². The van der Waals surface area contributed by atoms with Crippen molar-refractivity contribution in [1.82, 2.24) is 0 Å². The molecule has 1 heterocycles. The fourth-order valence-corrected chi connectivity index (χ4v) is 2.60. The Morgan fingerprint density at radius 1 is 1.18 bits per heavy atom. The number of cyclic esters (lactones) is 1. The van der Waals surface area contributed by atoms with Gasteiger partial charge in [-0.05, 0) is 32.6 Å². The number of unbranched alkanes of at least 4 members (excludes halogenated alkanes) is 7. The van der Waals surface area contributed by atoms with E-state index >= 15 is 0 Å². The molecule has 4 heteroatoms. The minimum absolute atomic E-state index is 0.372. The first kappa shape index (κ1) is 18.5. The Bertz CT molecular complexity index is 423. The van der Waals surface area contributed by atoms with Gasteiger partial charge in [0, 0.05) is 6.92 Å². The van der Waals surface area contributed by atoms with Crippen molar-refractivity contribution in [2.75, 3.05) is 0 Å². The minimum atomic E-state index is -0.405. The molecule has 1 unspecified atom stereocenters. The van der Waals surface area contributed by atoms with Crippen LogP contribution in [0.25, 0.3) is 0 Å². The highest BCUT2D eigenvalue weighted by Crippen LogP contribution is 2.27. The number of carbonyl (C=O) groups excluding carboxylic acids is 2. The number of hydrogen-bond acceptors (Lipinski definition) is 4. The van der Waals surface area contributed by atoms with Crippen LogP contribution in [-0.2, 0) is 19.1 Å². The van der Waals surface area contributed by atoms with Crippen molar-refractivity contribution in [2.24, 2.45) is 0 Å². The standard InChI is InChI=1S/C18H28O4/c1-4-5-6-7-8-9-10-11-12-13-16-17(21-15(3)19)14(2)18(20)22-16/h4,16H,1,5-13H2,2-3H3. The van der Waals surface area contributed by atoms with E-state index in [1.807, 2.05) is 6.08 Å². The summed E-state index contributed by atoms with van der Waals surface area (Å²) in [4.78, 5) is 22.6. The maximum atomic E-state index is 11.6. The highest BCUT2D eigenvalue weighted by Gasteiger charge is 2.33. The third kappa shape index (κ3) is 6.46. The lowest BCUT2D eigenvalue weighted by Gasteiger charge is -2.13. The van der Waals surface area contributed by atoms with Gasteiger partial charge in [0.2, 0.25) is 0 Å². The molecule has 0 saturated heterocycles. The number of esters is 2. The topological polar surface area (TPSA) is 52.6 Å². The molecule has 0 spiro atoms. The van der Waals surface area contributed by atoms with E-state index in [4.69, 9.17) is 9.47 Å². The zero-order chi connectivity index (χ0) is 16.4. The molecule has 1 aliphatic heterocycles. The summed E-state index contributed by atoms with van der Waals surface area (Å²) >= 11 is 0. The van der Waals surface area contributed by atoms with Crippen LogP contribution < -0.4 is 0 Å². The molecule has 0 N–H and O–H groups in total. The molecule has 0 fully saturated rings. The van der Waals surface area contributed by atoms with Crippen molar-refractivity contribution >= 4 is 11.9 Å². The van der Waals surface area contributed by atoms with Gasteiger partial charge in [0.15, 0.2) is 11.9 Å². The molecular weight excluding hydrogens is 280 g/mol.